The normalized spacial score (nSPS) is 31.4. The van der Waals surface area contributed by atoms with Crippen molar-refractivity contribution in [2.45, 2.75) is 5.54 Å². The van der Waals surface area contributed by atoms with Crippen LogP contribution in [0.2, 0.25) is 0 Å². The molecule has 1 unspecified atom stereocenters. The van der Waals surface area contributed by atoms with Crippen LogP contribution in [0.4, 0.5) is 0 Å². The van der Waals surface area contributed by atoms with Gasteiger partial charge in [-0.25, -0.2) is 4.99 Å². The van der Waals surface area contributed by atoms with Gasteiger partial charge in [-0.15, -0.1) is 0 Å². The van der Waals surface area contributed by atoms with Gasteiger partial charge < -0.3 is 5.32 Å². The summed E-state index contributed by atoms with van der Waals surface area (Å²) in [6.45, 7) is 0. The van der Waals surface area contributed by atoms with Crippen LogP contribution < -0.4 is 5.32 Å². The number of hydrogen-bond acceptors (Lipinski definition) is 3. The summed E-state index contributed by atoms with van der Waals surface area (Å²) in [4.78, 5) is 8.51. The Balaban J connectivity index is 2.24. The van der Waals surface area contributed by atoms with Gasteiger partial charge in [0.15, 0.2) is 0 Å². The van der Waals surface area contributed by atoms with Gasteiger partial charge in [-0.3, -0.25) is 4.99 Å². The maximum atomic E-state index is 4.47. The van der Waals surface area contributed by atoms with Crippen molar-refractivity contribution in [1.29, 1.82) is 0 Å². The fourth-order valence-electron chi connectivity index (χ4n) is 1.90. The van der Waals surface area contributed by atoms with E-state index in [4.69, 9.17) is 0 Å². The first-order valence-electron chi connectivity index (χ1n) is 4.52. The molecule has 14 heavy (non-hydrogen) atoms. The van der Waals surface area contributed by atoms with Crippen LogP contribution in [0, 0.1) is 0 Å². The third kappa shape index (κ3) is 0.812. The first kappa shape index (κ1) is 7.50. The molecule has 0 aromatic carbocycles. The third-order valence-electron chi connectivity index (χ3n) is 2.63. The summed E-state index contributed by atoms with van der Waals surface area (Å²) in [6, 6.07) is 0. The quantitative estimate of drug-likeness (QED) is 0.604. The molecule has 3 rings (SSSR count). The van der Waals surface area contributed by atoms with E-state index in [9.17, 15) is 0 Å². The summed E-state index contributed by atoms with van der Waals surface area (Å²) < 4.78 is 0. The molecule has 1 spiro atoms. The molecular formula is C11H9N3. The van der Waals surface area contributed by atoms with E-state index in [0.29, 0.717) is 0 Å². The van der Waals surface area contributed by atoms with E-state index < -0.39 is 0 Å². The van der Waals surface area contributed by atoms with Crippen molar-refractivity contribution in [1.82, 2.24) is 5.32 Å². The lowest BCUT2D eigenvalue weighted by Gasteiger charge is -2.34. The van der Waals surface area contributed by atoms with E-state index in [0.717, 1.165) is 11.1 Å². The van der Waals surface area contributed by atoms with E-state index in [-0.39, 0.29) is 5.54 Å². The Bertz CT molecular complexity index is 449. The van der Waals surface area contributed by atoms with Crippen LogP contribution in [0.3, 0.4) is 0 Å². The maximum Gasteiger partial charge on any atom is 0.135 e. The predicted octanol–water partition coefficient (Wildman–Crippen LogP) is 1.33. The molecule has 0 radical (unpaired) electrons. The number of dihydropyridines is 1. The molecule has 3 aliphatic rings. The van der Waals surface area contributed by atoms with Crippen molar-refractivity contribution in [3.05, 3.63) is 47.9 Å². The van der Waals surface area contributed by atoms with Crippen LogP contribution in [0.1, 0.15) is 0 Å². The average Bonchev–Trinajstić information content (AvgIpc) is 2.26. The lowest BCUT2D eigenvalue weighted by Crippen LogP contribution is -2.36. The van der Waals surface area contributed by atoms with E-state index in [2.05, 4.69) is 27.5 Å². The highest BCUT2D eigenvalue weighted by Gasteiger charge is 2.36. The van der Waals surface area contributed by atoms with E-state index >= 15 is 0 Å². The first-order valence-corrected chi connectivity index (χ1v) is 4.52. The Morgan fingerprint density at radius 1 is 1.29 bits per heavy atom. The minimum absolute atomic E-state index is 0.318. The summed E-state index contributed by atoms with van der Waals surface area (Å²) in [5.74, 6) is 0. The fourth-order valence-corrected chi connectivity index (χ4v) is 1.90. The highest BCUT2D eigenvalue weighted by Crippen LogP contribution is 2.36. The molecule has 0 aromatic rings. The lowest BCUT2D eigenvalue weighted by atomic mass is 9.79. The van der Waals surface area contributed by atoms with Crippen LogP contribution in [0.25, 0.3) is 0 Å². The number of nitrogens with zero attached hydrogens (tertiary/aromatic N) is 2. The molecule has 0 saturated carbocycles. The molecule has 1 atom stereocenters. The highest BCUT2D eigenvalue weighted by molar-refractivity contribution is 5.94. The molecule has 0 amide bonds. The van der Waals surface area contributed by atoms with Gasteiger partial charge in [-0.05, 0) is 12.3 Å². The van der Waals surface area contributed by atoms with Crippen LogP contribution in [0.5, 0.6) is 0 Å². The van der Waals surface area contributed by atoms with Gasteiger partial charge in [0.2, 0.25) is 0 Å². The van der Waals surface area contributed by atoms with Gasteiger partial charge in [0.05, 0.1) is 0 Å². The molecule has 1 aliphatic carbocycles. The summed E-state index contributed by atoms with van der Waals surface area (Å²) in [6.07, 6.45) is 15.5. The highest BCUT2D eigenvalue weighted by atomic mass is 15.0. The van der Waals surface area contributed by atoms with Crippen molar-refractivity contribution < 1.29 is 0 Å². The third-order valence-corrected chi connectivity index (χ3v) is 2.63. The zero-order valence-electron chi connectivity index (χ0n) is 7.51. The fraction of sp³-hybridized carbons (Fsp3) is 0.0909. The summed E-state index contributed by atoms with van der Waals surface area (Å²) >= 11 is 0. The van der Waals surface area contributed by atoms with Gasteiger partial charge in [0.1, 0.15) is 11.9 Å². The number of rotatable bonds is 0. The zero-order valence-corrected chi connectivity index (χ0v) is 7.51. The number of allylic oxidation sites excluding steroid dienone is 2. The monoisotopic (exact) mass is 183 g/mol. The average molecular weight is 183 g/mol. The van der Waals surface area contributed by atoms with Gasteiger partial charge >= 0.3 is 0 Å². The summed E-state index contributed by atoms with van der Waals surface area (Å²) in [5.41, 5.74) is 1.95. The van der Waals surface area contributed by atoms with E-state index in [1.54, 1.807) is 6.34 Å². The zero-order chi connectivity index (χ0) is 9.43. The van der Waals surface area contributed by atoms with Gasteiger partial charge in [0.25, 0.3) is 0 Å². The summed E-state index contributed by atoms with van der Waals surface area (Å²) in [5, 5.41) is 3.07. The topological polar surface area (TPSA) is 36.8 Å². The molecule has 3 heteroatoms. The molecule has 68 valence electrons. The second-order valence-corrected chi connectivity index (χ2v) is 3.37. The minimum atomic E-state index is -0.318. The molecule has 0 bridgehead atoms. The lowest BCUT2D eigenvalue weighted by molar-refractivity contribution is 0.733. The Hall–Kier alpha value is -1.90. The van der Waals surface area contributed by atoms with Crippen LogP contribution in [-0.4, -0.2) is 18.1 Å². The van der Waals surface area contributed by atoms with Crippen LogP contribution in [-0.2, 0) is 0 Å². The predicted molar refractivity (Wildman–Crippen MR) is 57.3 cm³/mol. The molecule has 2 aliphatic heterocycles. The van der Waals surface area contributed by atoms with Crippen LogP contribution in [0.15, 0.2) is 57.8 Å². The van der Waals surface area contributed by atoms with Crippen LogP contribution >= 0.6 is 0 Å². The van der Waals surface area contributed by atoms with Crippen molar-refractivity contribution in [2.75, 3.05) is 0 Å². The second kappa shape index (κ2) is 2.54. The van der Waals surface area contributed by atoms with Crippen molar-refractivity contribution in [2.24, 2.45) is 9.98 Å². The molecule has 0 aromatic heterocycles. The van der Waals surface area contributed by atoms with Crippen molar-refractivity contribution in [3.8, 4) is 0 Å². The van der Waals surface area contributed by atoms with Gasteiger partial charge in [-0.1, -0.05) is 18.2 Å². The van der Waals surface area contributed by atoms with Gasteiger partial charge in [0, 0.05) is 23.6 Å². The standard InChI is InChI=1S/C11H9N3/c1-2-9-6-12-5-4-11(9)10(3-1)7-13-8-14-11/h1-8,12H. The minimum Gasteiger partial charge on any atom is -0.367 e. The first-order chi connectivity index (χ1) is 6.92. The van der Waals surface area contributed by atoms with Crippen molar-refractivity contribution >= 4 is 12.6 Å². The SMILES string of the molecule is C1=CC2=CNC=CC23N=CN=CC3=C1. The molecule has 2 heterocycles. The Kier molecular flexibility index (Phi) is 1.36. The smallest absolute Gasteiger partial charge is 0.135 e. The summed E-state index contributed by atoms with van der Waals surface area (Å²) in [7, 11) is 0. The van der Waals surface area contributed by atoms with Crippen molar-refractivity contribution in [3.63, 3.8) is 0 Å². The number of nitrogens with one attached hydrogen (secondary N) is 1. The largest absolute Gasteiger partial charge is 0.367 e. The molecular weight excluding hydrogens is 174 g/mol. The molecule has 3 nitrogen and oxygen atoms in total. The Morgan fingerprint density at radius 3 is 3.29 bits per heavy atom. The van der Waals surface area contributed by atoms with E-state index in [1.165, 1.54) is 0 Å². The Morgan fingerprint density at radius 2 is 2.29 bits per heavy atom. The number of hydrogen-bond donors (Lipinski definition) is 1. The maximum absolute atomic E-state index is 4.47. The van der Waals surface area contributed by atoms with E-state index in [1.807, 2.05) is 30.8 Å². The molecule has 0 saturated heterocycles. The van der Waals surface area contributed by atoms with Gasteiger partial charge in [-0.2, -0.15) is 0 Å². The molecule has 0 fully saturated rings. The second-order valence-electron chi connectivity index (χ2n) is 3.37. The molecule has 1 N–H and O–H groups in total. The number of aliphatic imine (C=N–C) groups is 2. The Labute approximate surface area is 82.0 Å².